The van der Waals surface area contributed by atoms with E-state index >= 15 is 0 Å². The highest BCUT2D eigenvalue weighted by molar-refractivity contribution is 5.87. The molecule has 0 radical (unpaired) electrons. The molecule has 0 amide bonds. The van der Waals surface area contributed by atoms with Gasteiger partial charge in [-0.15, -0.1) is 0 Å². The van der Waals surface area contributed by atoms with Gasteiger partial charge < -0.3 is 4.74 Å². The van der Waals surface area contributed by atoms with Gasteiger partial charge in [0, 0.05) is 5.57 Å². The quantitative estimate of drug-likeness (QED) is 0.541. The highest BCUT2D eigenvalue weighted by Crippen LogP contribution is 2.20. The molecule has 98 valence electrons. The minimum atomic E-state index is -0.260. The smallest absolute Gasteiger partial charge is 0.333 e. The van der Waals surface area contributed by atoms with Crippen LogP contribution in [0, 0.1) is 5.92 Å². The predicted octanol–water partition coefficient (Wildman–Crippen LogP) is 3.76. The molecule has 18 heavy (non-hydrogen) atoms. The van der Waals surface area contributed by atoms with Crippen LogP contribution in [-0.4, -0.2) is 12.6 Å². The minimum absolute atomic E-state index is 0.260. The van der Waals surface area contributed by atoms with Gasteiger partial charge in [-0.25, -0.2) is 4.79 Å². The fourth-order valence-electron chi connectivity index (χ4n) is 1.97. The van der Waals surface area contributed by atoms with Crippen molar-refractivity contribution in [3.8, 4) is 0 Å². The Hall–Kier alpha value is -1.57. The fraction of sp³-hybridized carbons (Fsp3) is 0.438. The van der Waals surface area contributed by atoms with E-state index in [1.807, 2.05) is 25.1 Å². The monoisotopic (exact) mass is 246 g/mol. The first-order valence-electron chi connectivity index (χ1n) is 6.56. The third-order valence-corrected chi connectivity index (χ3v) is 3.04. The van der Waals surface area contributed by atoms with E-state index in [0.717, 1.165) is 12.8 Å². The van der Waals surface area contributed by atoms with Gasteiger partial charge in [0.15, 0.2) is 0 Å². The van der Waals surface area contributed by atoms with Gasteiger partial charge in [-0.2, -0.15) is 0 Å². The van der Waals surface area contributed by atoms with Crippen molar-refractivity contribution in [1.29, 1.82) is 0 Å². The van der Waals surface area contributed by atoms with Crippen LogP contribution in [0.3, 0.4) is 0 Å². The van der Waals surface area contributed by atoms with Gasteiger partial charge in [-0.1, -0.05) is 50.3 Å². The number of rotatable bonds is 7. The normalized spacial score (nSPS) is 11.9. The summed E-state index contributed by atoms with van der Waals surface area (Å²) >= 11 is 0. The van der Waals surface area contributed by atoms with E-state index in [1.54, 1.807) is 0 Å². The van der Waals surface area contributed by atoms with Crippen molar-refractivity contribution in [2.75, 3.05) is 6.61 Å². The SMILES string of the molecule is C=C(C[C@H](CC)Cc1ccccc1)C(=O)OCC. The zero-order valence-corrected chi connectivity index (χ0v) is 11.3. The molecular weight excluding hydrogens is 224 g/mol. The van der Waals surface area contributed by atoms with Crippen LogP contribution in [0.2, 0.25) is 0 Å². The highest BCUT2D eigenvalue weighted by atomic mass is 16.5. The van der Waals surface area contributed by atoms with Gasteiger partial charge >= 0.3 is 5.97 Å². The molecule has 0 saturated heterocycles. The van der Waals surface area contributed by atoms with E-state index in [9.17, 15) is 4.79 Å². The van der Waals surface area contributed by atoms with Crippen molar-refractivity contribution in [1.82, 2.24) is 0 Å². The molecule has 0 fully saturated rings. The number of carbonyl (C=O) groups is 1. The third-order valence-electron chi connectivity index (χ3n) is 3.04. The molecule has 0 bridgehead atoms. The second-order valence-electron chi connectivity index (χ2n) is 4.49. The van der Waals surface area contributed by atoms with Gasteiger partial charge in [0.25, 0.3) is 0 Å². The summed E-state index contributed by atoms with van der Waals surface area (Å²) in [4.78, 5) is 11.5. The van der Waals surface area contributed by atoms with Crippen LogP contribution < -0.4 is 0 Å². The molecule has 0 aromatic heterocycles. The van der Waals surface area contributed by atoms with Crippen molar-refractivity contribution in [2.24, 2.45) is 5.92 Å². The van der Waals surface area contributed by atoms with Crippen LogP contribution in [0.1, 0.15) is 32.3 Å². The van der Waals surface area contributed by atoms with E-state index in [0.29, 0.717) is 24.5 Å². The molecule has 0 spiro atoms. The second kappa shape index (κ2) is 7.70. The Morgan fingerprint density at radius 2 is 1.94 bits per heavy atom. The minimum Gasteiger partial charge on any atom is -0.463 e. The summed E-state index contributed by atoms with van der Waals surface area (Å²) in [5.74, 6) is 0.188. The largest absolute Gasteiger partial charge is 0.463 e. The third kappa shape index (κ3) is 4.74. The zero-order valence-electron chi connectivity index (χ0n) is 11.3. The average molecular weight is 246 g/mol. The molecule has 1 aromatic carbocycles. The Kier molecular flexibility index (Phi) is 6.20. The fourth-order valence-corrected chi connectivity index (χ4v) is 1.97. The number of carbonyl (C=O) groups excluding carboxylic acids is 1. The van der Waals surface area contributed by atoms with E-state index in [1.165, 1.54) is 5.56 Å². The van der Waals surface area contributed by atoms with E-state index in [4.69, 9.17) is 4.74 Å². The molecule has 1 aromatic rings. The highest BCUT2D eigenvalue weighted by Gasteiger charge is 2.14. The Morgan fingerprint density at radius 1 is 1.28 bits per heavy atom. The average Bonchev–Trinajstić information content (AvgIpc) is 2.39. The molecule has 0 saturated carbocycles. The lowest BCUT2D eigenvalue weighted by Crippen LogP contribution is -2.12. The van der Waals surface area contributed by atoms with Crippen molar-refractivity contribution in [3.63, 3.8) is 0 Å². The Morgan fingerprint density at radius 3 is 2.50 bits per heavy atom. The Bertz CT molecular complexity index is 381. The van der Waals surface area contributed by atoms with E-state index in [2.05, 4.69) is 25.6 Å². The number of hydrogen-bond acceptors (Lipinski definition) is 2. The van der Waals surface area contributed by atoms with Crippen molar-refractivity contribution < 1.29 is 9.53 Å². The summed E-state index contributed by atoms with van der Waals surface area (Å²) < 4.78 is 4.96. The molecule has 0 aliphatic carbocycles. The van der Waals surface area contributed by atoms with Crippen molar-refractivity contribution in [2.45, 2.75) is 33.1 Å². The Balaban J connectivity index is 2.52. The summed E-state index contributed by atoms with van der Waals surface area (Å²) in [6.45, 7) is 8.19. The molecule has 0 N–H and O–H groups in total. The maximum atomic E-state index is 11.5. The lowest BCUT2D eigenvalue weighted by Gasteiger charge is -2.15. The first kappa shape index (κ1) is 14.5. The molecule has 0 unspecified atom stereocenters. The van der Waals surface area contributed by atoms with E-state index < -0.39 is 0 Å². The summed E-state index contributed by atoms with van der Waals surface area (Å²) in [6, 6.07) is 10.3. The van der Waals surface area contributed by atoms with Crippen LogP contribution in [0.15, 0.2) is 42.5 Å². The van der Waals surface area contributed by atoms with Crippen molar-refractivity contribution in [3.05, 3.63) is 48.0 Å². The zero-order chi connectivity index (χ0) is 13.4. The van der Waals surface area contributed by atoms with Gasteiger partial charge in [0.1, 0.15) is 0 Å². The molecule has 1 rings (SSSR count). The topological polar surface area (TPSA) is 26.3 Å². The molecule has 0 aliphatic rings. The molecule has 0 aliphatic heterocycles. The van der Waals surface area contributed by atoms with E-state index in [-0.39, 0.29) is 5.97 Å². The molecule has 0 heterocycles. The molecule has 2 nitrogen and oxygen atoms in total. The number of hydrogen-bond donors (Lipinski definition) is 0. The maximum absolute atomic E-state index is 11.5. The van der Waals surface area contributed by atoms with Crippen LogP contribution in [0.25, 0.3) is 0 Å². The van der Waals surface area contributed by atoms with Crippen LogP contribution in [0.5, 0.6) is 0 Å². The lowest BCUT2D eigenvalue weighted by atomic mass is 9.91. The lowest BCUT2D eigenvalue weighted by molar-refractivity contribution is -0.138. The first-order valence-corrected chi connectivity index (χ1v) is 6.56. The number of benzene rings is 1. The molecular formula is C16H22O2. The standard InChI is InChI=1S/C16H22O2/c1-4-14(11-13(3)16(17)18-5-2)12-15-9-7-6-8-10-15/h6-10,14H,3-5,11-12H2,1-2H3/t14-/m0/s1. The first-order chi connectivity index (χ1) is 8.67. The van der Waals surface area contributed by atoms with Crippen molar-refractivity contribution >= 4 is 5.97 Å². The van der Waals surface area contributed by atoms with Gasteiger partial charge in [-0.3, -0.25) is 0 Å². The summed E-state index contributed by atoms with van der Waals surface area (Å²) in [6.07, 6.45) is 2.73. The predicted molar refractivity (Wildman–Crippen MR) is 74.3 cm³/mol. The summed E-state index contributed by atoms with van der Waals surface area (Å²) in [5, 5.41) is 0. The summed E-state index contributed by atoms with van der Waals surface area (Å²) in [7, 11) is 0. The maximum Gasteiger partial charge on any atom is 0.333 e. The summed E-state index contributed by atoms with van der Waals surface area (Å²) in [5.41, 5.74) is 1.89. The van der Waals surface area contributed by atoms with Crippen LogP contribution in [0.4, 0.5) is 0 Å². The van der Waals surface area contributed by atoms with Gasteiger partial charge in [-0.05, 0) is 31.2 Å². The second-order valence-corrected chi connectivity index (χ2v) is 4.49. The van der Waals surface area contributed by atoms with Gasteiger partial charge in [0.05, 0.1) is 6.61 Å². The number of ether oxygens (including phenoxy) is 1. The van der Waals surface area contributed by atoms with Crippen LogP contribution >= 0.6 is 0 Å². The molecule has 1 atom stereocenters. The van der Waals surface area contributed by atoms with Gasteiger partial charge in [0.2, 0.25) is 0 Å². The molecule has 2 heteroatoms. The number of esters is 1. The Labute approximate surface area is 110 Å². The van der Waals surface area contributed by atoms with Crippen LogP contribution in [-0.2, 0) is 16.0 Å².